The average molecular weight is 490 g/mol. The molecule has 34 heavy (non-hydrogen) atoms. The van der Waals surface area contributed by atoms with Crippen LogP contribution in [-0.2, 0) is 17.1 Å². The van der Waals surface area contributed by atoms with Gasteiger partial charge >= 0.3 is 0 Å². The van der Waals surface area contributed by atoms with Crippen LogP contribution in [0.15, 0.2) is 59.1 Å². The van der Waals surface area contributed by atoms with Gasteiger partial charge in [-0.15, -0.1) is 21.5 Å². The van der Waals surface area contributed by atoms with Gasteiger partial charge in [0.2, 0.25) is 5.91 Å². The molecule has 1 aliphatic rings. The van der Waals surface area contributed by atoms with E-state index in [9.17, 15) is 4.79 Å². The van der Waals surface area contributed by atoms with Crippen LogP contribution in [0.2, 0.25) is 0 Å². The molecule has 5 rings (SSSR count). The Balaban J connectivity index is 1.35. The maximum Gasteiger partial charge on any atom is 0.230 e. The standard InChI is InChI=1S/C26H27N5OS2/c1-17-8-7-11-23(18(17)2)31(19(3)32)25-27-22(15-33-25)16-34-26-29-28-24(21-12-13-21)30(26)14-20-9-5-4-6-10-20/h4-11,15,21H,12-14,16H2,1-3H3. The minimum atomic E-state index is -0.0427. The molecule has 0 N–H and O–H groups in total. The molecule has 174 valence electrons. The number of hydrogen-bond donors (Lipinski definition) is 0. The molecule has 2 aromatic heterocycles. The van der Waals surface area contributed by atoms with Crippen molar-refractivity contribution in [1.82, 2.24) is 19.7 Å². The lowest BCUT2D eigenvalue weighted by Gasteiger charge is -2.21. The predicted octanol–water partition coefficient (Wildman–Crippen LogP) is 6.25. The number of thioether (sulfide) groups is 1. The number of aryl methyl sites for hydroxylation is 1. The summed E-state index contributed by atoms with van der Waals surface area (Å²) in [7, 11) is 0. The van der Waals surface area contributed by atoms with Crippen LogP contribution in [0, 0.1) is 13.8 Å². The Morgan fingerprint density at radius 3 is 2.65 bits per heavy atom. The molecule has 2 aromatic carbocycles. The van der Waals surface area contributed by atoms with Crippen molar-refractivity contribution >= 4 is 39.8 Å². The van der Waals surface area contributed by atoms with Crippen LogP contribution in [0.5, 0.6) is 0 Å². The van der Waals surface area contributed by atoms with Crippen molar-refractivity contribution in [3.8, 4) is 0 Å². The summed E-state index contributed by atoms with van der Waals surface area (Å²) in [6.45, 7) is 6.46. The highest BCUT2D eigenvalue weighted by Crippen LogP contribution is 2.40. The fourth-order valence-electron chi connectivity index (χ4n) is 3.95. The first-order valence-electron chi connectivity index (χ1n) is 11.4. The van der Waals surface area contributed by atoms with Gasteiger partial charge < -0.3 is 4.57 Å². The van der Waals surface area contributed by atoms with E-state index >= 15 is 0 Å². The van der Waals surface area contributed by atoms with Crippen LogP contribution in [-0.4, -0.2) is 25.7 Å². The number of carbonyl (C=O) groups excluding carboxylic acids is 1. The zero-order valence-electron chi connectivity index (χ0n) is 19.6. The van der Waals surface area contributed by atoms with Crippen molar-refractivity contribution in [3.05, 3.63) is 82.1 Å². The number of thiazole rings is 1. The third-order valence-corrected chi connectivity index (χ3v) is 7.96. The van der Waals surface area contributed by atoms with Gasteiger partial charge in [0.1, 0.15) is 5.82 Å². The molecule has 0 aliphatic heterocycles. The van der Waals surface area contributed by atoms with Crippen LogP contribution < -0.4 is 4.90 Å². The SMILES string of the molecule is CC(=O)N(c1nc(CSc2nnc(C3CC3)n2Cc2ccccc2)cs1)c1cccc(C)c1C. The molecule has 1 fully saturated rings. The zero-order chi connectivity index (χ0) is 23.7. The number of aromatic nitrogens is 4. The van der Waals surface area contributed by atoms with Crippen molar-refractivity contribution in [3.63, 3.8) is 0 Å². The van der Waals surface area contributed by atoms with E-state index in [1.54, 1.807) is 23.6 Å². The highest BCUT2D eigenvalue weighted by Gasteiger charge is 2.30. The first kappa shape index (κ1) is 22.8. The molecule has 1 saturated carbocycles. The predicted molar refractivity (Wildman–Crippen MR) is 138 cm³/mol. The molecule has 0 unspecified atom stereocenters. The van der Waals surface area contributed by atoms with Gasteiger partial charge in [0, 0.05) is 24.0 Å². The molecule has 0 atom stereocenters. The van der Waals surface area contributed by atoms with Crippen molar-refractivity contribution in [1.29, 1.82) is 0 Å². The molecule has 1 amide bonds. The molecule has 0 radical (unpaired) electrons. The summed E-state index contributed by atoms with van der Waals surface area (Å²) >= 11 is 3.15. The van der Waals surface area contributed by atoms with E-state index in [4.69, 9.17) is 4.98 Å². The van der Waals surface area contributed by atoms with Crippen LogP contribution >= 0.6 is 23.1 Å². The van der Waals surface area contributed by atoms with Gasteiger partial charge in [-0.2, -0.15) is 0 Å². The molecular formula is C26H27N5OS2. The van der Waals surface area contributed by atoms with Crippen molar-refractivity contribution < 1.29 is 4.79 Å². The highest BCUT2D eigenvalue weighted by molar-refractivity contribution is 7.98. The van der Waals surface area contributed by atoms with E-state index in [2.05, 4.69) is 52.0 Å². The lowest BCUT2D eigenvalue weighted by Crippen LogP contribution is -2.23. The number of hydrogen-bond acceptors (Lipinski definition) is 6. The molecular weight excluding hydrogens is 462 g/mol. The second kappa shape index (κ2) is 9.72. The average Bonchev–Trinajstić information content (AvgIpc) is 3.44. The number of carbonyl (C=O) groups is 1. The van der Waals surface area contributed by atoms with Gasteiger partial charge in [-0.3, -0.25) is 9.69 Å². The maximum absolute atomic E-state index is 12.6. The summed E-state index contributed by atoms with van der Waals surface area (Å²) in [5.74, 6) is 2.24. The smallest absolute Gasteiger partial charge is 0.230 e. The molecule has 4 aromatic rings. The lowest BCUT2D eigenvalue weighted by atomic mass is 10.1. The van der Waals surface area contributed by atoms with E-state index in [1.165, 1.54) is 29.7 Å². The summed E-state index contributed by atoms with van der Waals surface area (Å²) in [6, 6.07) is 16.5. The summed E-state index contributed by atoms with van der Waals surface area (Å²) in [5, 5.41) is 12.7. The normalized spacial score (nSPS) is 13.3. The summed E-state index contributed by atoms with van der Waals surface area (Å²) < 4.78 is 2.25. The number of anilines is 2. The highest BCUT2D eigenvalue weighted by atomic mass is 32.2. The minimum Gasteiger partial charge on any atom is -0.301 e. The van der Waals surface area contributed by atoms with E-state index in [1.807, 2.05) is 30.5 Å². The van der Waals surface area contributed by atoms with Gasteiger partial charge in [-0.1, -0.05) is 54.2 Å². The van der Waals surface area contributed by atoms with Gasteiger partial charge in [-0.05, 0) is 49.4 Å². The monoisotopic (exact) mass is 489 g/mol. The summed E-state index contributed by atoms with van der Waals surface area (Å²) in [6.07, 6.45) is 2.37. The Labute approximate surface area is 208 Å². The number of rotatable bonds is 8. The minimum absolute atomic E-state index is 0.0427. The summed E-state index contributed by atoms with van der Waals surface area (Å²) in [4.78, 5) is 19.1. The van der Waals surface area contributed by atoms with E-state index in [-0.39, 0.29) is 5.91 Å². The van der Waals surface area contributed by atoms with Crippen LogP contribution in [0.1, 0.15) is 53.9 Å². The van der Waals surface area contributed by atoms with Crippen molar-refractivity contribution in [2.24, 2.45) is 0 Å². The molecule has 0 bridgehead atoms. The Morgan fingerprint density at radius 1 is 1.12 bits per heavy atom. The number of amides is 1. The van der Waals surface area contributed by atoms with Crippen molar-refractivity contribution in [2.45, 2.75) is 57.0 Å². The molecule has 0 spiro atoms. The van der Waals surface area contributed by atoms with Crippen LogP contribution in [0.25, 0.3) is 0 Å². The summed E-state index contributed by atoms with van der Waals surface area (Å²) in [5.41, 5.74) is 5.31. The number of nitrogens with zero attached hydrogens (tertiary/aromatic N) is 5. The fraction of sp³-hybridized carbons (Fsp3) is 0.308. The molecule has 8 heteroatoms. The third kappa shape index (κ3) is 4.79. The maximum atomic E-state index is 12.6. The zero-order valence-corrected chi connectivity index (χ0v) is 21.2. The lowest BCUT2D eigenvalue weighted by molar-refractivity contribution is -0.115. The Kier molecular flexibility index (Phi) is 6.52. The van der Waals surface area contributed by atoms with Gasteiger partial charge in [-0.25, -0.2) is 4.98 Å². The Hall–Kier alpha value is -2.97. The number of benzene rings is 2. The molecule has 6 nitrogen and oxygen atoms in total. The van der Waals surface area contributed by atoms with Gasteiger partial charge in [0.25, 0.3) is 0 Å². The van der Waals surface area contributed by atoms with E-state index in [0.717, 1.165) is 40.0 Å². The van der Waals surface area contributed by atoms with Crippen molar-refractivity contribution in [2.75, 3.05) is 4.90 Å². The van der Waals surface area contributed by atoms with Crippen LogP contribution in [0.4, 0.5) is 10.8 Å². The molecule has 1 aliphatic carbocycles. The second-order valence-electron chi connectivity index (χ2n) is 8.67. The topological polar surface area (TPSA) is 63.9 Å². The first-order valence-corrected chi connectivity index (χ1v) is 13.3. The fourth-order valence-corrected chi connectivity index (χ4v) is 5.78. The quantitative estimate of drug-likeness (QED) is 0.274. The van der Waals surface area contributed by atoms with E-state index < -0.39 is 0 Å². The van der Waals surface area contributed by atoms with E-state index in [0.29, 0.717) is 16.8 Å². The third-order valence-electron chi connectivity index (χ3n) is 6.08. The molecule has 0 saturated heterocycles. The Morgan fingerprint density at radius 2 is 1.91 bits per heavy atom. The Bertz CT molecular complexity index is 1310. The van der Waals surface area contributed by atoms with Crippen LogP contribution in [0.3, 0.4) is 0 Å². The van der Waals surface area contributed by atoms with Gasteiger partial charge in [0.15, 0.2) is 10.3 Å². The first-order chi connectivity index (χ1) is 16.5. The molecule has 2 heterocycles. The van der Waals surface area contributed by atoms with Gasteiger partial charge in [0.05, 0.1) is 17.9 Å². The second-order valence-corrected chi connectivity index (χ2v) is 10.4. The largest absolute Gasteiger partial charge is 0.301 e.